The number of halogens is 3. The molecule has 0 amide bonds. The maximum atomic E-state index is 12.7. The molecule has 0 saturated heterocycles. The molecule has 138 valence electrons. The molecule has 1 atom stereocenters. The number of H-pyrrole nitrogens is 1. The first-order chi connectivity index (χ1) is 12.9. The van der Waals surface area contributed by atoms with Gasteiger partial charge >= 0.3 is 6.18 Å². The van der Waals surface area contributed by atoms with E-state index in [1.807, 2.05) is 41.8 Å². The van der Waals surface area contributed by atoms with E-state index in [-0.39, 0.29) is 5.65 Å². The zero-order valence-electron chi connectivity index (χ0n) is 13.6. The van der Waals surface area contributed by atoms with Crippen molar-refractivity contribution in [3.05, 3.63) is 70.1 Å². The van der Waals surface area contributed by atoms with E-state index < -0.39 is 23.4 Å². The number of rotatable bonds is 3. The second kappa shape index (κ2) is 6.36. The first kappa shape index (κ1) is 17.5. The molecular formula is C18H12F3N3O2S. The van der Waals surface area contributed by atoms with E-state index in [1.54, 1.807) is 0 Å². The molecule has 0 fully saturated rings. The van der Waals surface area contributed by atoms with Crippen LogP contribution < -0.4 is 5.56 Å². The van der Waals surface area contributed by atoms with Crippen LogP contribution in [0, 0.1) is 0 Å². The van der Waals surface area contributed by atoms with Crippen molar-refractivity contribution in [1.29, 1.82) is 0 Å². The van der Waals surface area contributed by atoms with Gasteiger partial charge in [-0.15, -0.1) is 11.3 Å². The third-order valence-electron chi connectivity index (χ3n) is 4.14. The predicted molar refractivity (Wildman–Crippen MR) is 95.6 cm³/mol. The van der Waals surface area contributed by atoms with Crippen molar-refractivity contribution >= 4 is 17.0 Å². The number of aromatic amines is 1. The standard InChI is InChI=1S/C18H12F3N3O2S/c19-18(20,21)15(25)13-7-22-16-12(8-23-24(16)17(13)26)14-6-11(9-27-14)10-4-2-1-3-5-10/h1-9,15,23,25H. The lowest BCUT2D eigenvalue weighted by Gasteiger charge is -2.13. The minimum atomic E-state index is -4.94. The Morgan fingerprint density at radius 2 is 1.93 bits per heavy atom. The van der Waals surface area contributed by atoms with Crippen LogP contribution in [0.2, 0.25) is 0 Å². The second-order valence-electron chi connectivity index (χ2n) is 5.87. The van der Waals surface area contributed by atoms with Gasteiger partial charge in [0.25, 0.3) is 5.56 Å². The van der Waals surface area contributed by atoms with Gasteiger partial charge in [-0.2, -0.15) is 13.2 Å². The Morgan fingerprint density at radius 1 is 1.19 bits per heavy atom. The van der Waals surface area contributed by atoms with Gasteiger partial charge in [0.2, 0.25) is 0 Å². The van der Waals surface area contributed by atoms with Crippen molar-refractivity contribution in [2.24, 2.45) is 0 Å². The smallest absolute Gasteiger partial charge is 0.379 e. The van der Waals surface area contributed by atoms with Gasteiger partial charge < -0.3 is 5.11 Å². The Hall–Kier alpha value is -2.91. The average Bonchev–Trinajstić information content (AvgIpc) is 3.28. The van der Waals surface area contributed by atoms with Gasteiger partial charge in [-0.25, -0.2) is 9.50 Å². The molecule has 0 saturated carbocycles. The molecule has 3 aromatic heterocycles. The number of nitrogens with one attached hydrogen (secondary N) is 1. The maximum Gasteiger partial charge on any atom is 0.418 e. The van der Waals surface area contributed by atoms with Crippen molar-refractivity contribution in [1.82, 2.24) is 14.6 Å². The van der Waals surface area contributed by atoms with Crippen LogP contribution in [0.3, 0.4) is 0 Å². The summed E-state index contributed by atoms with van der Waals surface area (Å²) in [7, 11) is 0. The van der Waals surface area contributed by atoms with Crippen LogP contribution in [-0.4, -0.2) is 25.9 Å². The summed E-state index contributed by atoms with van der Waals surface area (Å²) < 4.78 is 39.0. The molecule has 4 aromatic rings. The van der Waals surface area contributed by atoms with Crippen molar-refractivity contribution in [2.45, 2.75) is 12.3 Å². The van der Waals surface area contributed by atoms with E-state index in [2.05, 4.69) is 10.1 Å². The molecule has 0 radical (unpaired) electrons. The highest BCUT2D eigenvalue weighted by Crippen LogP contribution is 2.35. The number of aromatic nitrogens is 3. The molecule has 2 N–H and O–H groups in total. The monoisotopic (exact) mass is 391 g/mol. The SMILES string of the molecule is O=c1c(C(O)C(F)(F)F)cnc2c(-c3cc(-c4ccccc4)cs3)c[nH]n12. The number of aliphatic hydroxyl groups is 1. The highest BCUT2D eigenvalue weighted by atomic mass is 32.1. The van der Waals surface area contributed by atoms with Gasteiger partial charge in [-0.3, -0.25) is 9.89 Å². The molecule has 0 aliphatic rings. The predicted octanol–water partition coefficient (Wildman–Crippen LogP) is 4.01. The van der Waals surface area contributed by atoms with Crippen molar-refractivity contribution in [2.75, 3.05) is 0 Å². The summed E-state index contributed by atoms with van der Waals surface area (Å²) in [5, 5.41) is 13.9. The van der Waals surface area contributed by atoms with Crippen molar-refractivity contribution in [3.63, 3.8) is 0 Å². The quantitative estimate of drug-likeness (QED) is 0.554. The van der Waals surface area contributed by atoms with Gasteiger partial charge in [-0.1, -0.05) is 30.3 Å². The number of alkyl halides is 3. The number of hydrogen-bond acceptors (Lipinski definition) is 4. The lowest BCUT2D eigenvalue weighted by atomic mass is 10.1. The normalized spacial score (nSPS) is 13.2. The molecule has 0 aliphatic heterocycles. The molecule has 1 unspecified atom stereocenters. The van der Waals surface area contributed by atoms with Crippen LogP contribution in [0.4, 0.5) is 13.2 Å². The zero-order chi connectivity index (χ0) is 19.2. The Balaban J connectivity index is 1.78. The van der Waals surface area contributed by atoms with Gasteiger partial charge in [0.05, 0.1) is 11.1 Å². The number of benzene rings is 1. The summed E-state index contributed by atoms with van der Waals surface area (Å²) in [6, 6.07) is 11.6. The number of thiophene rings is 1. The van der Waals surface area contributed by atoms with E-state index >= 15 is 0 Å². The lowest BCUT2D eigenvalue weighted by molar-refractivity contribution is -0.207. The number of fused-ring (bicyclic) bond motifs is 1. The Morgan fingerprint density at radius 3 is 2.63 bits per heavy atom. The Kier molecular flexibility index (Phi) is 4.12. The van der Waals surface area contributed by atoms with Crippen LogP contribution in [0.15, 0.2) is 59.0 Å². The lowest BCUT2D eigenvalue weighted by Crippen LogP contribution is -2.29. The number of aliphatic hydroxyl groups excluding tert-OH is 1. The summed E-state index contributed by atoms with van der Waals surface area (Å²) in [6.07, 6.45) is -5.54. The van der Waals surface area contributed by atoms with E-state index in [1.165, 1.54) is 17.5 Å². The van der Waals surface area contributed by atoms with E-state index in [4.69, 9.17) is 0 Å². The topological polar surface area (TPSA) is 70.4 Å². The summed E-state index contributed by atoms with van der Waals surface area (Å²) in [5.74, 6) is 0. The van der Waals surface area contributed by atoms with E-state index in [0.29, 0.717) is 5.56 Å². The van der Waals surface area contributed by atoms with E-state index in [9.17, 15) is 23.1 Å². The molecule has 0 aliphatic carbocycles. The van der Waals surface area contributed by atoms with Crippen LogP contribution in [0.5, 0.6) is 0 Å². The highest BCUT2D eigenvalue weighted by Gasteiger charge is 2.41. The van der Waals surface area contributed by atoms with Gasteiger partial charge in [0, 0.05) is 17.3 Å². The molecule has 0 bridgehead atoms. The fraction of sp³-hybridized carbons (Fsp3) is 0.111. The zero-order valence-corrected chi connectivity index (χ0v) is 14.4. The summed E-state index contributed by atoms with van der Waals surface area (Å²) in [4.78, 5) is 17.1. The van der Waals surface area contributed by atoms with Gasteiger partial charge in [0.15, 0.2) is 11.8 Å². The molecule has 5 nitrogen and oxygen atoms in total. The highest BCUT2D eigenvalue weighted by molar-refractivity contribution is 7.14. The van der Waals surface area contributed by atoms with Crippen LogP contribution in [0.1, 0.15) is 11.7 Å². The summed E-state index contributed by atoms with van der Waals surface area (Å²) in [5.41, 5.74) is 0.981. The molecule has 1 aromatic carbocycles. The average molecular weight is 391 g/mol. The third-order valence-corrected chi connectivity index (χ3v) is 5.11. The molecule has 3 heterocycles. The molecule has 0 spiro atoms. The molecular weight excluding hydrogens is 379 g/mol. The number of hydrogen-bond donors (Lipinski definition) is 2. The fourth-order valence-corrected chi connectivity index (χ4v) is 3.71. The molecule has 4 rings (SSSR count). The Bertz CT molecular complexity index is 1160. The van der Waals surface area contributed by atoms with Crippen LogP contribution in [0.25, 0.3) is 27.2 Å². The van der Waals surface area contributed by atoms with E-state index in [0.717, 1.165) is 26.7 Å². The first-order valence-corrected chi connectivity index (χ1v) is 8.72. The second-order valence-corrected chi connectivity index (χ2v) is 6.79. The number of nitrogens with zero attached hydrogens (tertiary/aromatic N) is 2. The van der Waals surface area contributed by atoms with Crippen molar-refractivity contribution < 1.29 is 18.3 Å². The van der Waals surface area contributed by atoms with Crippen LogP contribution in [-0.2, 0) is 0 Å². The first-order valence-electron chi connectivity index (χ1n) is 7.84. The fourth-order valence-electron chi connectivity index (χ4n) is 2.78. The molecule has 9 heteroatoms. The van der Waals surface area contributed by atoms with Crippen molar-refractivity contribution in [3.8, 4) is 21.6 Å². The largest absolute Gasteiger partial charge is 0.418 e. The summed E-state index contributed by atoms with van der Waals surface area (Å²) >= 11 is 1.43. The van der Waals surface area contributed by atoms with Gasteiger partial charge in [0.1, 0.15) is 0 Å². The third kappa shape index (κ3) is 3.04. The maximum absolute atomic E-state index is 12.7. The Labute approximate surface area is 154 Å². The van der Waals surface area contributed by atoms with Gasteiger partial charge in [-0.05, 0) is 22.6 Å². The minimum Gasteiger partial charge on any atom is -0.379 e. The van der Waals surface area contributed by atoms with Crippen LogP contribution >= 0.6 is 11.3 Å². The minimum absolute atomic E-state index is 0.194. The summed E-state index contributed by atoms with van der Waals surface area (Å²) in [6.45, 7) is 0. The molecule has 27 heavy (non-hydrogen) atoms.